The maximum Gasteiger partial charge on any atom is 0.291 e. The highest BCUT2D eigenvalue weighted by molar-refractivity contribution is 6.03. The van der Waals surface area contributed by atoms with E-state index in [-0.39, 0.29) is 22.2 Å². The van der Waals surface area contributed by atoms with Gasteiger partial charge in [-0.25, -0.2) is 0 Å². The summed E-state index contributed by atoms with van der Waals surface area (Å²) in [6.45, 7) is 4.22. The van der Waals surface area contributed by atoms with Crippen LogP contribution in [0.15, 0.2) is 51.7 Å². The molecule has 2 heterocycles. The average molecular weight is 492 g/mol. The molecule has 1 aliphatic heterocycles. The summed E-state index contributed by atoms with van der Waals surface area (Å²) >= 11 is 0. The zero-order valence-electron chi connectivity index (χ0n) is 20.9. The first kappa shape index (κ1) is 24.2. The number of ether oxygens (including phenoxy) is 2. The summed E-state index contributed by atoms with van der Waals surface area (Å²) in [4.78, 5) is 30.6. The number of hydrogen-bond donors (Lipinski definition) is 1. The molecule has 8 heteroatoms. The van der Waals surface area contributed by atoms with E-state index in [2.05, 4.69) is 15.1 Å². The Labute approximate surface area is 210 Å². The Hall–Kier alpha value is -3.52. The Morgan fingerprint density at radius 3 is 2.33 bits per heavy atom. The van der Waals surface area contributed by atoms with Gasteiger partial charge in [0.25, 0.3) is 5.91 Å². The van der Waals surface area contributed by atoms with Crippen molar-refractivity contribution in [1.82, 2.24) is 4.90 Å². The molecule has 1 saturated heterocycles. The molecule has 1 amide bonds. The molecular weight excluding hydrogens is 458 g/mol. The first-order valence-electron chi connectivity index (χ1n) is 12.7. The highest BCUT2D eigenvalue weighted by Gasteiger charge is 2.25. The summed E-state index contributed by atoms with van der Waals surface area (Å²) in [5, 5.41) is 3.09. The van der Waals surface area contributed by atoms with E-state index in [0.717, 1.165) is 37.9 Å². The van der Waals surface area contributed by atoms with E-state index in [1.54, 1.807) is 12.1 Å². The van der Waals surface area contributed by atoms with Crippen molar-refractivity contribution in [2.45, 2.75) is 38.1 Å². The fourth-order valence-corrected chi connectivity index (χ4v) is 5.36. The first-order valence-corrected chi connectivity index (χ1v) is 12.7. The van der Waals surface area contributed by atoms with Crippen LogP contribution >= 0.6 is 0 Å². The van der Waals surface area contributed by atoms with Crippen molar-refractivity contribution in [3.8, 4) is 11.5 Å². The van der Waals surface area contributed by atoms with Crippen LogP contribution in [0, 0.1) is 0 Å². The van der Waals surface area contributed by atoms with Crippen molar-refractivity contribution >= 4 is 28.3 Å². The molecule has 190 valence electrons. The molecule has 0 radical (unpaired) electrons. The lowest BCUT2D eigenvalue weighted by molar-refractivity contribution is 0.0997. The van der Waals surface area contributed by atoms with Crippen LogP contribution in [0.5, 0.6) is 11.5 Å². The number of nitrogens with zero attached hydrogens (tertiary/aromatic N) is 2. The molecule has 1 aliphatic carbocycles. The monoisotopic (exact) mass is 491 g/mol. The molecule has 2 aliphatic rings. The number of carbonyl (C=O) groups is 1. The molecule has 2 aromatic carbocycles. The van der Waals surface area contributed by atoms with Crippen LogP contribution in [0.1, 0.15) is 42.7 Å². The first-order chi connectivity index (χ1) is 17.6. The summed E-state index contributed by atoms with van der Waals surface area (Å²) in [7, 11) is 2.98. The van der Waals surface area contributed by atoms with Gasteiger partial charge >= 0.3 is 0 Å². The van der Waals surface area contributed by atoms with E-state index in [4.69, 9.17) is 13.9 Å². The molecule has 0 spiro atoms. The second-order valence-corrected chi connectivity index (χ2v) is 9.49. The molecule has 2 fully saturated rings. The summed E-state index contributed by atoms with van der Waals surface area (Å²) in [5.74, 6) is 0.228. The lowest BCUT2D eigenvalue weighted by Crippen LogP contribution is -2.50. The highest BCUT2D eigenvalue weighted by Crippen LogP contribution is 2.30. The zero-order chi connectivity index (χ0) is 25.1. The number of nitrogens with one attached hydrogen (secondary N) is 1. The topological polar surface area (TPSA) is 84.2 Å². The van der Waals surface area contributed by atoms with Gasteiger partial charge in [-0.2, -0.15) is 0 Å². The molecule has 0 bridgehead atoms. The number of methoxy groups -OCH3 is 2. The number of benzene rings is 2. The molecule has 0 unspecified atom stereocenters. The van der Waals surface area contributed by atoms with Crippen molar-refractivity contribution in [2.75, 3.05) is 50.6 Å². The highest BCUT2D eigenvalue weighted by atomic mass is 16.5. The molecule has 1 N–H and O–H groups in total. The minimum Gasteiger partial charge on any atom is -0.496 e. The van der Waals surface area contributed by atoms with Gasteiger partial charge in [0.2, 0.25) is 0 Å². The second-order valence-electron chi connectivity index (χ2n) is 9.49. The van der Waals surface area contributed by atoms with Crippen molar-refractivity contribution < 1.29 is 18.7 Å². The Morgan fingerprint density at radius 1 is 0.944 bits per heavy atom. The van der Waals surface area contributed by atoms with Gasteiger partial charge in [0.05, 0.1) is 14.2 Å². The van der Waals surface area contributed by atoms with E-state index in [1.807, 2.05) is 24.3 Å². The number of anilines is 2. The second kappa shape index (κ2) is 10.6. The molecule has 0 atom stereocenters. The van der Waals surface area contributed by atoms with Gasteiger partial charge in [0.1, 0.15) is 22.5 Å². The third-order valence-corrected chi connectivity index (χ3v) is 7.34. The number of carbonyl (C=O) groups excluding carboxylic acids is 1. The minimum absolute atomic E-state index is 0.0780. The van der Waals surface area contributed by atoms with Crippen LogP contribution in [-0.4, -0.2) is 57.2 Å². The van der Waals surface area contributed by atoms with Gasteiger partial charge in [0, 0.05) is 61.8 Å². The summed E-state index contributed by atoms with van der Waals surface area (Å²) < 4.78 is 16.3. The van der Waals surface area contributed by atoms with E-state index in [9.17, 15) is 9.59 Å². The molecule has 5 rings (SSSR count). The zero-order valence-corrected chi connectivity index (χ0v) is 20.9. The maximum atomic E-state index is 12.9. The molecule has 8 nitrogen and oxygen atoms in total. The van der Waals surface area contributed by atoms with Gasteiger partial charge in [-0.3, -0.25) is 14.5 Å². The van der Waals surface area contributed by atoms with E-state index in [1.165, 1.54) is 52.4 Å². The number of hydrogen-bond acceptors (Lipinski definition) is 7. The lowest BCUT2D eigenvalue weighted by Gasteiger charge is -2.41. The number of rotatable bonds is 6. The predicted octanol–water partition coefficient (Wildman–Crippen LogP) is 4.52. The van der Waals surface area contributed by atoms with Gasteiger partial charge in [0.15, 0.2) is 11.2 Å². The molecular formula is C28H33N3O5. The molecule has 1 aromatic heterocycles. The van der Waals surface area contributed by atoms with Gasteiger partial charge in [-0.05, 0) is 37.1 Å². The summed E-state index contributed by atoms with van der Waals surface area (Å²) in [6.07, 6.45) is 6.79. The van der Waals surface area contributed by atoms with Crippen LogP contribution in [0.4, 0.5) is 11.4 Å². The van der Waals surface area contributed by atoms with Crippen LogP contribution < -0.4 is 25.1 Å². The Balaban J connectivity index is 1.25. The van der Waals surface area contributed by atoms with Crippen LogP contribution in [0.25, 0.3) is 11.0 Å². The largest absolute Gasteiger partial charge is 0.496 e. The maximum absolute atomic E-state index is 12.9. The van der Waals surface area contributed by atoms with Gasteiger partial charge < -0.3 is 24.1 Å². The smallest absolute Gasteiger partial charge is 0.291 e. The predicted molar refractivity (Wildman–Crippen MR) is 141 cm³/mol. The third kappa shape index (κ3) is 5.04. The van der Waals surface area contributed by atoms with E-state index < -0.39 is 5.91 Å². The lowest BCUT2D eigenvalue weighted by atomic mass is 9.94. The van der Waals surface area contributed by atoms with Crippen LogP contribution in [-0.2, 0) is 0 Å². The quantitative estimate of drug-likeness (QED) is 0.543. The standard InChI is InChI=1S/C28H33N3O5/c1-34-22-16-24(35-2)27-23(32)18-26(36-25(27)17-22)28(33)29-19-8-10-21(11-9-19)31-14-12-30(13-15-31)20-6-4-3-5-7-20/h8-11,16-18,20H,3-7,12-15H2,1-2H3,(H,29,33). The minimum atomic E-state index is -0.496. The van der Waals surface area contributed by atoms with Crippen LogP contribution in [0.3, 0.4) is 0 Å². The number of fused-ring (bicyclic) bond motifs is 1. The summed E-state index contributed by atoms with van der Waals surface area (Å²) in [6, 6.07) is 12.9. The number of amides is 1. The Morgan fingerprint density at radius 2 is 1.67 bits per heavy atom. The third-order valence-electron chi connectivity index (χ3n) is 7.34. The normalized spacial score (nSPS) is 17.2. The number of piperazine rings is 1. The van der Waals surface area contributed by atoms with E-state index in [0.29, 0.717) is 17.2 Å². The van der Waals surface area contributed by atoms with Crippen molar-refractivity contribution in [2.24, 2.45) is 0 Å². The van der Waals surface area contributed by atoms with Gasteiger partial charge in [-0.15, -0.1) is 0 Å². The van der Waals surface area contributed by atoms with Crippen molar-refractivity contribution in [3.05, 3.63) is 58.4 Å². The average Bonchev–Trinajstić information content (AvgIpc) is 2.93. The SMILES string of the molecule is COc1cc(OC)c2c(=O)cc(C(=O)Nc3ccc(N4CCN(C5CCCCC5)CC4)cc3)oc2c1. The fraction of sp³-hybridized carbons (Fsp3) is 0.429. The molecule has 1 saturated carbocycles. The fourth-order valence-electron chi connectivity index (χ4n) is 5.36. The Kier molecular flexibility index (Phi) is 7.13. The van der Waals surface area contributed by atoms with Gasteiger partial charge in [-0.1, -0.05) is 19.3 Å². The Bertz CT molecular complexity index is 1270. The van der Waals surface area contributed by atoms with Crippen LogP contribution in [0.2, 0.25) is 0 Å². The van der Waals surface area contributed by atoms with Crippen molar-refractivity contribution in [3.63, 3.8) is 0 Å². The van der Waals surface area contributed by atoms with E-state index >= 15 is 0 Å². The van der Waals surface area contributed by atoms with Crippen molar-refractivity contribution in [1.29, 1.82) is 0 Å². The molecule has 36 heavy (non-hydrogen) atoms. The molecule has 3 aromatic rings. The summed E-state index contributed by atoms with van der Waals surface area (Å²) in [5.41, 5.74) is 1.65.